The van der Waals surface area contributed by atoms with Gasteiger partial charge >= 0.3 is 0 Å². The topological polar surface area (TPSA) is 84.9 Å². The summed E-state index contributed by atoms with van der Waals surface area (Å²) >= 11 is 0. The van der Waals surface area contributed by atoms with E-state index in [1.807, 2.05) is 48.5 Å². The van der Waals surface area contributed by atoms with Crippen molar-refractivity contribution in [1.82, 2.24) is 10.2 Å². The molecule has 1 atom stereocenters. The van der Waals surface area contributed by atoms with E-state index in [2.05, 4.69) is 46.1 Å². The molecule has 37 heavy (non-hydrogen) atoms. The largest absolute Gasteiger partial charge is 0.493 e. The predicted molar refractivity (Wildman–Crippen MR) is 147 cm³/mol. The summed E-state index contributed by atoms with van der Waals surface area (Å²) in [6.45, 7) is 13.8. The van der Waals surface area contributed by atoms with Crippen molar-refractivity contribution in [2.45, 2.75) is 71.3 Å². The quantitative estimate of drug-likeness (QED) is 0.454. The summed E-state index contributed by atoms with van der Waals surface area (Å²) in [7, 11) is -2.09. The molecular weight excluding hydrogens is 484 g/mol. The van der Waals surface area contributed by atoms with Gasteiger partial charge < -0.3 is 19.4 Å². The van der Waals surface area contributed by atoms with Crippen LogP contribution in [0.3, 0.4) is 0 Å². The molecule has 2 aromatic carbocycles. The van der Waals surface area contributed by atoms with Crippen LogP contribution in [0.25, 0.3) is 0 Å². The number of ketones is 1. The molecule has 1 heterocycles. The number of hydrogen-bond donors (Lipinski definition) is 1. The number of carbonyl (C=O) groups excluding carboxylic acids is 3. The predicted octanol–water partition coefficient (Wildman–Crippen LogP) is 4.75. The minimum absolute atomic E-state index is 0.000393. The molecule has 1 saturated heterocycles. The molecule has 8 heteroatoms. The van der Waals surface area contributed by atoms with Gasteiger partial charge in [0.05, 0.1) is 26.1 Å². The van der Waals surface area contributed by atoms with E-state index < -0.39 is 14.4 Å². The van der Waals surface area contributed by atoms with Crippen molar-refractivity contribution in [1.29, 1.82) is 0 Å². The number of benzene rings is 2. The summed E-state index contributed by atoms with van der Waals surface area (Å²) in [5.74, 6) is 0.397. The Labute approximate surface area is 221 Å². The monoisotopic (exact) mass is 524 g/mol. The molecule has 1 N–H and O–H groups in total. The highest BCUT2D eigenvalue weighted by atomic mass is 28.4. The number of aryl methyl sites for hydroxylation is 1. The Morgan fingerprint density at radius 1 is 1.03 bits per heavy atom. The standard InChI is InChI=1S/C29H40N2O5Si/c1-7-21-8-12-23(13-9-21)28(34)30-18-22-10-14-24(15-11-22)35-17-16-27(33)31-19-25(32)26(20-31)36-37(5,6)29(2,3)4/h8-15,26H,7,16-20H2,1-6H3,(H,30,34)/t26-/m1/s1. The molecule has 0 aliphatic carbocycles. The highest BCUT2D eigenvalue weighted by molar-refractivity contribution is 6.74. The zero-order chi connectivity index (χ0) is 27.2. The minimum Gasteiger partial charge on any atom is -0.493 e. The number of ether oxygens (including phenoxy) is 1. The fourth-order valence-corrected chi connectivity index (χ4v) is 5.05. The number of nitrogens with zero attached hydrogens (tertiary/aromatic N) is 1. The third-order valence-electron chi connectivity index (χ3n) is 7.27. The van der Waals surface area contributed by atoms with E-state index in [1.54, 1.807) is 4.90 Å². The number of Topliss-reactive ketones (excluding diaryl/α,β-unsaturated/α-hetero) is 1. The lowest BCUT2D eigenvalue weighted by Gasteiger charge is -2.37. The Kier molecular flexibility index (Phi) is 9.31. The van der Waals surface area contributed by atoms with Gasteiger partial charge in [-0.05, 0) is 59.9 Å². The van der Waals surface area contributed by atoms with Crippen LogP contribution in [0.4, 0.5) is 0 Å². The van der Waals surface area contributed by atoms with Crippen LogP contribution >= 0.6 is 0 Å². The van der Waals surface area contributed by atoms with Crippen molar-refractivity contribution in [2.75, 3.05) is 19.7 Å². The van der Waals surface area contributed by atoms with Gasteiger partial charge in [0, 0.05) is 12.1 Å². The lowest BCUT2D eigenvalue weighted by atomic mass is 10.1. The van der Waals surface area contributed by atoms with Crippen LogP contribution in [-0.2, 0) is 27.0 Å². The molecule has 7 nitrogen and oxygen atoms in total. The molecule has 0 saturated carbocycles. The molecule has 1 aliphatic heterocycles. The van der Waals surface area contributed by atoms with Gasteiger partial charge in [0.15, 0.2) is 14.1 Å². The molecular formula is C29H40N2O5Si. The van der Waals surface area contributed by atoms with Crippen molar-refractivity contribution in [2.24, 2.45) is 0 Å². The lowest BCUT2D eigenvalue weighted by Crippen LogP contribution is -2.46. The number of hydrogen-bond acceptors (Lipinski definition) is 5. The first-order chi connectivity index (χ1) is 17.4. The van der Waals surface area contributed by atoms with Gasteiger partial charge in [-0.15, -0.1) is 0 Å². The average molecular weight is 525 g/mol. The molecule has 0 radical (unpaired) electrons. The van der Waals surface area contributed by atoms with Crippen LogP contribution in [-0.4, -0.2) is 56.6 Å². The maximum atomic E-state index is 12.7. The summed E-state index contributed by atoms with van der Waals surface area (Å²) in [5.41, 5.74) is 2.78. The Morgan fingerprint density at radius 3 is 2.24 bits per heavy atom. The molecule has 2 aromatic rings. The van der Waals surface area contributed by atoms with Crippen LogP contribution in [0.5, 0.6) is 5.75 Å². The van der Waals surface area contributed by atoms with Crippen molar-refractivity contribution < 1.29 is 23.5 Å². The third-order valence-corrected chi connectivity index (χ3v) is 11.8. The van der Waals surface area contributed by atoms with E-state index in [0.29, 0.717) is 24.4 Å². The van der Waals surface area contributed by atoms with Gasteiger partial charge in [-0.3, -0.25) is 14.4 Å². The molecule has 200 valence electrons. The van der Waals surface area contributed by atoms with Gasteiger partial charge in [-0.25, -0.2) is 0 Å². The maximum absolute atomic E-state index is 12.7. The van der Waals surface area contributed by atoms with E-state index in [0.717, 1.165) is 12.0 Å². The highest BCUT2D eigenvalue weighted by Gasteiger charge is 2.43. The van der Waals surface area contributed by atoms with Crippen molar-refractivity contribution in [3.63, 3.8) is 0 Å². The van der Waals surface area contributed by atoms with Gasteiger partial charge in [0.2, 0.25) is 5.91 Å². The van der Waals surface area contributed by atoms with Crippen molar-refractivity contribution in [3.05, 3.63) is 65.2 Å². The fraction of sp³-hybridized carbons (Fsp3) is 0.483. The van der Waals surface area contributed by atoms with Crippen molar-refractivity contribution in [3.8, 4) is 5.75 Å². The molecule has 0 aromatic heterocycles. The van der Waals surface area contributed by atoms with Crippen molar-refractivity contribution >= 4 is 25.9 Å². The number of amides is 2. The van der Waals surface area contributed by atoms with E-state index in [-0.39, 0.29) is 42.2 Å². The second-order valence-electron chi connectivity index (χ2n) is 11.1. The Balaban J connectivity index is 1.41. The number of likely N-dealkylation sites (tertiary alicyclic amines) is 1. The molecule has 0 spiro atoms. The number of carbonyl (C=O) groups is 3. The highest BCUT2D eigenvalue weighted by Crippen LogP contribution is 2.38. The molecule has 0 unspecified atom stereocenters. The van der Waals surface area contributed by atoms with Gasteiger partial charge in [0.1, 0.15) is 11.9 Å². The Bertz CT molecular complexity index is 1090. The van der Waals surface area contributed by atoms with Crippen LogP contribution in [0.15, 0.2) is 48.5 Å². The summed E-state index contributed by atoms with van der Waals surface area (Å²) in [6.07, 6.45) is 0.596. The minimum atomic E-state index is -2.09. The summed E-state index contributed by atoms with van der Waals surface area (Å²) in [4.78, 5) is 39.1. The second-order valence-corrected chi connectivity index (χ2v) is 15.8. The van der Waals surface area contributed by atoms with Crippen LogP contribution in [0.1, 0.15) is 55.6 Å². The Hall–Kier alpha value is -2.97. The fourth-order valence-electron chi connectivity index (χ4n) is 3.78. The summed E-state index contributed by atoms with van der Waals surface area (Å²) in [5, 5.41) is 2.93. The first-order valence-corrected chi connectivity index (χ1v) is 15.9. The average Bonchev–Trinajstić information content (AvgIpc) is 3.22. The molecule has 3 rings (SSSR count). The second kappa shape index (κ2) is 12.0. The molecule has 1 fully saturated rings. The number of nitrogens with one attached hydrogen (secondary N) is 1. The van der Waals surface area contributed by atoms with E-state index in [1.165, 1.54) is 5.56 Å². The normalized spacial score (nSPS) is 16.1. The molecule has 0 bridgehead atoms. The van der Waals surface area contributed by atoms with E-state index >= 15 is 0 Å². The third kappa shape index (κ3) is 7.76. The van der Waals surface area contributed by atoms with Gasteiger partial charge in [0.25, 0.3) is 5.91 Å². The number of rotatable bonds is 10. The molecule has 2 amide bonds. The van der Waals surface area contributed by atoms with Gasteiger partial charge in [-0.1, -0.05) is 52.0 Å². The summed E-state index contributed by atoms with van der Waals surface area (Å²) < 4.78 is 12.0. The smallest absolute Gasteiger partial charge is 0.251 e. The Morgan fingerprint density at radius 2 is 1.65 bits per heavy atom. The molecule has 1 aliphatic rings. The maximum Gasteiger partial charge on any atom is 0.251 e. The van der Waals surface area contributed by atoms with Crippen LogP contribution in [0.2, 0.25) is 18.1 Å². The van der Waals surface area contributed by atoms with E-state index in [4.69, 9.17) is 9.16 Å². The van der Waals surface area contributed by atoms with Crippen LogP contribution in [0, 0.1) is 0 Å². The van der Waals surface area contributed by atoms with E-state index in [9.17, 15) is 14.4 Å². The first kappa shape index (κ1) is 28.6. The lowest BCUT2D eigenvalue weighted by molar-refractivity contribution is -0.132. The summed E-state index contributed by atoms with van der Waals surface area (Å²) in [6, 6.07) is 15.0. The van der Waals surface area contributed by atoms with Crippen LogP contribution < -0.4 is 10.1 Å². The van der Waals surface area contributed by atoms with Gasteiger partial charge in [-0.2, -0.15) is 0 Å². The first-order valence-electron chi connectivity index (χ1n) is 13.0. The zero-order valence-electron chi connectivity index (χ0n) is 22.9. The SMILES string of the molecule is CCc1ccc(C(=O)NCc2ccc(OCCC(=O)N3CC(=O)[C@H](O[Si](C)(C)C(C)(C)C)C3)cc2)cc1. The zero-order valence-corrected chi connectivity index (χ0v) is 23.9.